The molecule has 0 aromatic heterocycles. The number of nitrogens with one attached hydrogen (secondary N) is 1. The van der Waals surface area contributed by atoms with Gasteiger partial charge in [0.2, 0.25) is 0 Å². The standard InChI is InChI=1S/C28H29FN2O5/c1-17-13-19(35-16-20-15-31(4)24-7-5-6-8-25(24)36-20)10-11-21(17)26(32)30-23-14-18(9-12-22(23)29)28(2,3)27(33)34/h5-14,20H,15-16H2,1-4H3,(H,30,32)(H,33,34)/t20-/m0/s1. The Morgan fingerprint density at radius 3 is 2.64 bits per heavy atom. The number of fused-ring (bicyclic) bond motifs is 1. The molecule has 7 nitrogen and oxygen atoms in total. The number of anilines is 2. The van der Waals surface area contributed by atoms with E-state index < -0.39 is 23.1 Å². The van der Waals surface area contributed by atoms with E-state index in [1.165, 1.54) is 26.0 Å². The van der Waals surface area contributed by atoms with Crippen LogP contribution in [0.5, 0.6) is 11.5 Å². The number of carboxylic acids is 1. The van der Waals surface area contributed by atoms with E-state index in [4.69, 9.17) is 9.47 Å². The predicted molar refractivity (Wildman–Crippen MR) is 136 cm³/mol. The normalized spacial score (nSPS) is 15.0. The topological polar surface area (TPSA) is 88.1 Å². The zero-order chi connectivity index (χ0) is 26.0. The highest BCUT2D eigenvalue weighted by Gasteiger charge is 2.30. The molecule has 3 aromatic carbocycles. The Labute approximate surface area is 209 Å². The highest BCUT2D eigenvalue weighted by molar-refractivity contribution is 6.05. The van der Waals surface area contributed by atoms with E-state index in [0.29, 0.717) is 35.6 Å². The first-order valence-corrected chi connectivity index (χ1v) is 11.6. The Bertz CT molecular complexity index is 1310. The molecule has 0 bridgehead atoms. The first-order valence-electron chi connectivity index (χ1n) is 11.6. The highest BCUT2D eigenvalue weighted by Crippen LogP contribution is 2.32. The van der Waals surface area contributed by atoms with E-state index in [0.717, 1.165) is 17.5 Å². The van der Waals surface area contributed by atoms with Gasteiger partial charge in [-0.25, -0.2) is 4.39 Å². The second-order valence-electron chi connectivity index (χ2n) is 9.45. The fourth-order valence-electron chi connectivity index (χ4n) is 4.07. The summed E-state index contributed by atoms with van der Waals surface area (Å²) in [7, 11) is 2.01. The van der Waals surface area contributed by atoms with Gasteiger partial charge in [0, 0.05) is 12.6 Å². The molecule has 1 aliphatic rings. The number of hydrogen-bond acceptors (Lipinski definition) is 5. The smallest absolute Gasteiger partial charge is 0.313 e. The summed E-state index contributed by atoms with van der Waals surface area (Å²) in [6, 6.07) is 16.8. The van der Waals surface area contributed by atoms with Crippen LogP contribution in [0.2, 0.25) is 0 Å². The van der Waals surface area contributed by atoms with Crippen molar-refractivity contribution in [2.24, 2.45) is 0 Å². The minimum Gasteiger partial charge on any atom is -0.490 e. The van der Waals surface area contributed by atoms with E-state index in [1.54, 1.807) is 25.1 Å². The molecule has 0 fully saturated rings. The van der Waals surface area contributed by atoms with Crippen molar-refractivity contribution in [1.29, 1.82) is 0 Å². The van der Waals surface area contributed by atoms with Crippen LogP contribution in [0.1, 0.15) is 35.3 Å². The number of carbonyl (C=O) groups is 2. The van der Waals surface area contributed by atoms with E-state index in [-0.39, 0.29) is 11.8 Å². The number of likely N-dealkylation sites (N-methyl/N-ethyl adjacent to an activating group) is 1. The van der Waals surface area contributed by atoms with Gasteiger partial charge in [0.25, 0.3) is 5.91 Å². The van der Waals surface area contributed by atoms with Crippen molar-refractivity contribution in [3.63, 3.8) is 0 Å². The number of benzene rings is 3. The van der Waals surface area contributed by atoms with Crippen molar-refractivity contribution < 1.29 is 28.6 Å². The maximum Gasteiger partial charge on any atom is 0.313 e. The lowest BCUT2D eigenvalue weighted by molar-refractivity contribution is -0.142. The molecule has 0 saturated heterocycles. The SMILES string of the molecule is Cc1cc(OC[C@@H]2CN(C)c3ccccc3O2)ccc1C(=O)Nc1cc(C(C)(C)C(=O)O)ccc1F. The molecule has 2 N–H and O–H groups in total. The van der Waals surface area contributed by atoms with Gasteiger partial charge in [-0.3, -0.25) is 9.59 Å². The number of para-hydroxylation sites is 2. The lowest BCUT2D eigenvalue weighted by Gasteiger charge is -2.33. The number of nitrogens with zero attached hydrogens (tertiary/aromatic N) is 1. The minimum atomic E-state index is -1.24. The van der Waals surface area contributed by atoms with Crippen molar-refractivity contribution in [2.45, 2.75) is 32.3 Å². The van der Waals surface area contributed by atoms with Gasteiger partial charge in [-0.2, -0.15) is 0 Å². The van der Waals surface area contributed by atoms with Crippen molar-refractivity contribution in [3.8, 4) is 11.5 Å². The molecule has 0 spiro atoms. The predicted octanol–water partition coefficient (Wildman–Crippen LogP) is 5.02. The van der Waals surface area contributed by atoms with Gasteiger partial charge in [-0.15, -0.1) is 0 Å². The number of rotatable bonds is 7. The summed E-state index contributed by atoms with van der Waals surface area (Å²) in [5, 5.41) is 12.0. The minimum absolute atomic E-state index is 0.0783. The van der Waals surface area contributed by atoms with E-state index in [9.17, 15) is 19.1 Å². The van der Waals surface area contributed by atoms with Crippen LogP contribution in [0, 0.1) is 12.7 Å². The molecule has 1 amide bonds. The number of carbonyl (C=O) groups excluding carboxylic acids is 1. The van der Waals surface area contributed by atoms with Crippen LogP contribution in [-0.4, -0.2) is 43.3 Å². The molecule has 1 heterocycles. The number of halogens is 1. The van der Waals surface area contributed by atoms with Crippen molar-refractivity contribution in [1.82, 2.24) is 0 Å². The summed E-state index contributed by atoms with van der Waals surface area (Å²) in [5.74, 6) is -0.800. The Morgan fingerprint density at radius 2 is 1.92 bits per heavy atom. The van der Waals surface area contributed by atoms with Crippen molar-refractivity contribution in [2.75, 3.05) is 30.4 Å². The summed E-state index contributed by atoms with van der Waals surface area (Å²) in [5.41, 5.74) is 1.11. The van der Waals surface area contributed by atoms with Crippen LogP contribution in [0.3, 0.4) is 0 Å². The van der Waals surface area contributed by atoms with Gasteiger partial charge in [0.1, 0.15) is 30.0 Å². The Balaban J connectivity index is 1.43. The van der Waals surface area contributed by atoms with Crippen molar-refractivity contribution in [3.05, 3.63) is 83.2 Å². The second-order valence-corrected chi connectivity index (χ2v) is 9.45. The third kappa shape index (κ3) is 5.12. The summed E-state index contributed by atoms with van der Waals surface area (Å²) in [6.45, 7) is 5.82. The molecule has 0 aliphatic carbocycles. The number of ether oxygens (including phenoxy) is 2. The van der Waals surface area contributed by atoms with E-state index in [1.807, 2.05) is 31.3 Å². The first-order chi connectivity index (χ1) is 17.1. The fraction of sp³-hybridized carbons (Fsp3) is 0.286. The largest absolute Gasteiger partial charge is 0.490 e. The molecule has 3 aromatic rings. The van der Waals surface area contributed by atoms with Crippen LogP contribution in [0.25, 0.3) is 0 Å². The first kappa shape index (κ1) is 25.0. The van der Waals surface area contributed by atoms with Crippen LogP contribution < -0.4 is 19.7 Å². The molecular formula is C28H29FN2O5. The zero-order valence-corrected chi connectivity index (χ0v) is 20.7. The number of carboxylic acid groups (broad SMARTS) is 1. The molecule has 1 aliphatic heterocycles. The van der Waals surface area contributed by atoms with Gasteiger partial charge in [0.05, 0.1) is 23.3 Å². The van der Waals surface area contributed by atoms with Gasteiger partial charge in [0.15, 0.2) is 0 Å². The quantitative estimate of drug-likeness (QED) is 0.481. The summed E-state index contributed by atoms with van der Waals surface area (Å²) in [6.07, 6.45) is -0.154. The molecule has 188 valence electrons. The Kier molecular flexibility index (Phi) is 6.88. The molecule has 4 rings (SSSR count). The lowest BCUT2D eigenvalue weighted by atomic mass is 9.84. The van der Waals surface area contributed by atoms with Gasteiger partial charge in [-0.05, 0) is 74.4 Å². The summed E-state index contributed by atoms with van der Waals surface area (Å²) >= 11 is 0. The molecule has 0 unspecified atom stereocenters. The third-order valence-electron chi connectivity index (χ3n) is 6.40. The summed E-state index contributed by atoms with van der Waals surface area (Å²) < 4.78 is 26.4. The monoisotopic (exact) mass is 492 g/mol. The van der Waals surface area contributed by atoms with Gasteiger partial charge < -0.3 is 24.8 Å². The molecule has 0 saturated carbocycles. The number of aliphatic carboxylic acids is 1. The van der Waals surface area contributed by atoms with E-state index in [2.05, 4.69) is 10.2 Å². The Morgan fingerprint density at radius 1 is 1.17 bits per heavy atom. The molecule has 8 heteroatoms. The second kappa shape index (κ2) is 9.89. The lowest BCUT2D eigenvalue weighted by Crippen LogP contribution is -2.41. The number of hydrogen-bond donors (Lipinski definition) is 2. The Hall–Kier alpha value is -4.07. The highest BCUT2D eigenvalue weighted by atomic mass is 19.1. The molecule has 36 heavy (non-hydrogen) atoms. The van der Waals surface area contributed by atoms with Crippen LogP contribution >= 0.6 is 0 Å². The van der Waals surface area contributed by atoms with Crippen molar-refractivity contribution >= 4 is 23.3 Å². The molecule has 0 radical (unpaired) electrons. The maximum absolute atomic E-state index is 14.4. The van der Waals surface area contributed by atoms with Gasteiger partial charge in [-0.1, -0.05) is 18.2 Å². The van der Waals surface area contributed by atoms with Gasteiger partial charge >= 0.3 is 5.97 Å². The molecular weight excluding hydrogens is 463 g/mol. The average Bonchev–Trinajstić information content (AvgIpc) is 2.84. The van der Waals surface area contributed by atoms with Crippen LogP contribution in [0.15, 0.2) is 60.7 Å². The molecule has 1 atom stereocenters. The summed E-state index contributed by atoms with van der Waals surface area (Å²) in [4.78, 5) is 26.6. The number of aryl methyl sites for hydroxylation is 1. The fourth-order valence-corrected chi connectivity index (χ4v) is 4.07. The van der Waals surface area contributed by atoms with Crippen LogP contribution in [0.4, 0.5) is 15.8 Å². The third-order valence-corrected chi connectivity index (χ3v) is 6.40. The maximum atomic E-state index is 14.4. The number of amides is 1. The van der Waals surface area contributed by atoms with E-state index >= 15 is 0 Å². The van der Waals surface area contributed by atoms with Crippen LogP contribution in [-0.2, 0) is 10.2 Å². The average molecular weight is 493 g/mol. The zero-order valence-electron chi connectivity index (χ0n) is 20.7.